The lowest BCUT2D eigenvalue weighted by molar-refractivity contribution is -0.149. The Morgan fingerprint density at radius 1 is 1.19 bits per heavy atom. The molecule has 2 N–H and O–H groups in total. The predicted octanol–water partition coefficient (Wildman–Crippen LogP) is 1.93. The van der Waals surface area contributed by atoms with E-state index in [1.165, 1.54) is 11.3 Å². The van der Waals surface area contributed by atoms with Crippen molar-refractivity contribution in [3.05, 3.63) is 40.9 Å². The normalized spacial score (nSPS) is 11.5. The standard InChI is InChI=1S/C17H20N4O4S/c1-3-7-13(18-15(23)12-8-5-4-6-9-12)16(24)25-10-14(22)19-17-21-20-11(2)26-17/h4-6,8-9,13H,3,7,10H2,1-2H3,(H,18,23)(H,19,21,22)/t13-/m0/s1. The lowest BCUT2D eigenvalue weighted by Crippen LogP contribution is -2.42. The monoisotopic (exact) mass is 376 g/mol. The average molecular weight is 376 g/mol. The van der Waals surface area contributed by atoms with E-state index in [1.54, 1.807) is 37.3 Å². The van der Waals surface area contributed by atoms with Gasteiger partial charge in [0.15, 0.2) is 6.61 Å². The number of aromatic nitrogens is 2. The zero-order chi connectivity index (χ0) is 18.9. The highest BCUT2D eigenvalue weighted by molar-refractivity contribution is 7.15. The van der Waals surface area contributed by atoms with E-state index in [0.717, 1.165) is 0 Å². The van der Waals surface area contributed by atoms with Gasteiger partial charge < -0.3 is 10.1 Å². The highest BCUT2D eigenvalue weighted by atomic mass is 32.1. The molecule has 0 aliphatic heterocycles. The van der Waals surface area contributed by atoms with E-state index in [4.69, 9.17) is 4.74 Å². The van der Waals surface area contributed by atoms with Crippen molar-refractivity contribution in [1.82, 2.24) is 15.5 Å². The SMILES string of the molecule is CCC[C@H](NC(=O)c1ccccc1)C(=O)OCC(=O)Nc1nnc(C)s1. The molecule has 0 bridgehead atoms. The lowest BCUT2D eigenvalue weighted by Gasteiger charge is -2.17. The van der Waals surface area contributed by atoms with Crippen LogP contribution in [0.2, 0.25) is 0 Å². The quantitative estimate of drug-likeness (QED) is 0.681. The zero-order valence-corrected chi connectivity index (χ0v) is 15.3. The van der Waals surface area contributed by atoms with Crippen molar-refractivity contribution in [3.8, 4) is 0 Å². The fourth-order valence-corrected chi connectivity index (χ4v) is 2.72. The van der Waals surface area contributed by atoms with E-state index in [2.05, 4.69) is 20.8 Å². The molecule has 138 valence electrons. The highest BCUT2D eigenvalue weighted by Crippen LogP contribution is 2.13. The van der Waals surface area contributed by atoms with E-state index in [0.29, 0.717) is 28.5 Å². The molecule has 0 saturated carbocycles. The third-order valence-corrected chi connectivity index (χ3v) is 4.08. The summed E-state index contributed by atoms with van der Waals surface area (Å²) in [6.07, 6.45) is 1.08. The first-order valence-electron chi connectivity index (χ1n) is 8.12. The molecule has 2 aromatic rings. The molecule has 0 saturated heterocycles. The van der Waals surface area contributed by atoms with Gasteiger partial charge in [-0.25, -0.2) is 4.79 Å². The summed E-state index contributed by atoms with van der Waals surface area (Å²) >= 11 is 1.22. The Morgan fingerprint density at radius 3 is 2.54 bits per heavy atom. The first-order chi connectivity index (χ1) is 12.5. The Balaban J connectivity index is 1.87. The predicted molar refractivity (Wildman–Crippen MR) is 96.8 cm³/mol. The maximum atomic E-state index is 12.2. The number of esters is 1. The van der Waals surface area contributed by atoms with Crippen molar-refractivity contribution in [2.75, 3.05) is 11.9 Å². The van der Waals surface area contributed by atoms with Gasteiger partial charge in [0, 0.05) is 5.56 Å². The minimum Gasteiger partial charge on any atom is -0.454 e. The molecule has 2 amide bonds. The van der Waals surface area contributed by atoms with Crippen LogP contribution in [-0.2, 0) is 14.3 Å². The van der Waals surface area contributed by atoms with Crippen LogP contribution >= 0.6 is 11.3 Å². The minimum atomic E-state index is -0.815. The molecular formula is C17H20N4O4S. The second-order valence-electron chi connectivity index (χ2n) is 5.46. The molecule has 1 aromatic heterocycles. The van der Waals surface area contributed by atoms with Crippen molar-refractivity contribution < 1.29 is 19.1 Å². The average Bonchev–Trinajstić information content (AvgIpc) is 3.04. The number of nitrogens with zero attached hydrogens (tertiary/aromatic N) is 2. The molecule has 1 atom stereocenters. The number of amides is 2. The third-order valence-electron chi connectivity index (χ3n) is 3.32. The fraction of sp³-hybridized carbons (Fsp3) is 0.353. The maximum absolute atomic E-state index is 12.2. The first-order valence-corrected chi connectivity index (χ1v) is 8.93. The molecule has 26 heavy (non-hydrogen) atoms. The number of ether oxygens (including phenoxy) is 1. The van der Waals surface area contributed by atoms with Gasteiger partial charge in [0.05, 0.1) is 0 Å². The zero-order valence-electron chi connectivity index (χ0n) is 14.5. The van der Waals surface area contributed by atoms with E-state index in [-0.39, 0.29) is 5.91 Å². The van der Waals surface area contributed by atoms with Gasteiger partial charge in [0.1, 0.15) is 11.0 Å². The summed E-state index contributed by atoms with van der Waals surface area (Å²) in [5.41, 5.74) is 0.450. The summed E-state index contributed by atoms with van der Waals surface area (Å²) in [6, 6.07) is 7.77. The number of anilines is 1. The molecule has 0 radical (unpaired) electrons. The summed E-state index contributed by atoms with van der Waals surface area (Å²) in [7, 11) is 0. The second-order valence-corrected chi connectivity index (χ2v) is 6.64. The van der Waals surface area contributed by atoms with Gasteiger partial charge in [-0.1, -0.05) is 42.9 Å². The molecule has 0 aliphatic carbocycles. The van der Waals surface area contributed by atoms with E-state index < -0.39 is 24.5 Å². The molecule has 1 heterocycles. The Bertz CT molecular complexity index is 763. The van der Waals surface area contributed by atoms with Crippen molar-refractivity contribution in [1.29, 1.82) is 0 Å². The Kier molecular flexibility index (Phi) is 7.22. The number of carbonyl (C=O) groups is 3. The largest absolute Gasteiger partial charge is 0.454 e. The minimum absolute atomic E-state index is 0.339. The van der Waals surface area contributed by atoms with Crippen molar-refractivity contribution >= 4 is 34.3 Å². The van der Waals surface area contributed by atoms with Gasteiger partial charge in [-0.3, -0.25) is 14.9 Å². The van der Waals surface area contributed by atoms with Gasteiger partial charge in [0.25, 0.3) is 11.8 Å². The number of carbonyl (C=O) groups excluding carboxylic acids is 3. The summed E-state index contributed by atoms with van der Waals surface area (Å²) < 4.78 is 5.03. The smallest absolute Gasteiger partial charge is 0.329 e. The van der Waals surface area contributed by atoms with E-state index >= 15 is 0 Å². The topological polar surface area (TPSA) is 110 Å². The van der Waals surface area contributed by atoms with Crippen molar-refractivity contribution in [2.45, 2.75) is 32.7 Å². The summed E-state index contributed by atoms with van der Waals surface area (Å²) in [6.45, 7) is 3.19. The van der Waals surface area contributed by atoms with Crippen LogP contribution in [0.15, 0.2) is 30.3 Å². The molecule has 2 rings (SSSR count). The summed E-state index contributed by atoms with van der Waals surface area (Å²) in [4.78, 5) is 36.2. The first kappa shape index (κ1) is 19.5. The number of aryl methyl sites for hydroxylation is 1. The lowest BCUT2D eigenvalue weighted by atomic mass is 10.1. The summed E-state index contributed by atoms with van der Waals surface area (Å²) in [5, 5.41) is 13.7. The van der Waals surface area contributed by atoms with Crippen LogP contribution in [0.1, 0.15) is 35.1 Å². The van der Waals surface area contributed by atoms with Crippen LogP contribution in [0.4, 0.5) is 5.13 Å². The summed E-state index contributed by atoms with van der Waals surface area (Å²) in [5.74, 6) is -1.53. The van der Waals surface area contributed by atoms with Gasteiger partial charge in [-0.05, 0) is 25.5 Å². The second kappa shape index (κ2) is 9.62. The van der Waals surface area contributed by atoms with Gasteiger partial charge in [0.2, 0.25) is 5.13 Å². The molecule has 0 spiro atoms. The molecular weight excluding hydrogens is 356 g/mol. The Hall–Kier alpha value is -2.81. The third kappa shape index (κ3) is 5.92. The van der Waals surface area contributed by atoms with Crippen molar-refractivity contribution in [2.24, 2.45) is 0 Å². The number of nitrogens with one attached hydrogen (secondary N) is 2. The number of hydrogen-bond donors (Lipinski definition) is 2. The van der Waals surface area contributed by atoms with Gasteiger partial charge in [-0.15, -0.1) is 10.2 Å². The van der Waals surface area contributed by atoms with Gasteiger partial charge >= 0.3 is 5.97 Å². The van der Waals surface area contributed by atoms with Crippen LogP contribution in [0.5, 0.6) is 0 Å². The van der Waals surface area contributed by atoms with Crippen molar-refractivity contribution in [3.63, 3.8) is 0 Å². The molecule has 1 aromatic carbocycles. The molecule has 0 aliphatic rings. The highest BCUT2D eigenvalue weighted by Gasteiger charge is 2.23. The maximum Gasteiger partial charge on any atom is 0.329 e. The van der Waals surface area contributed by atoms with E-state index in [9.17, 15) is 14.4 Å². The molecule has 0 fully saturated rings. The van der Waals surface area contributed by atoms with Crippen LogP contribution < -0.4 is 10.6 Å². The number of hydrogen-bond acceptors (Lipinski definition) is 7. The van der Waals surface area contributed by atoms with Crippen LogP contribution in [0, 0.1) is 6.92 Å². The molecule has 9 heteroatoms. The fourth-order valence-electron chi connectivity index (χ4n) is 2.11. The Morgan fingerprint density at radius 2 is 1.92 bits per heavy atom. The van der Waals surface area contributed by atoms with Crippen LogP contribution in [0.3, 0.4) is 0 Å². The number of rotatable bonds is 8. The van der Waals surface area contributed by atoms with E-state index in [1.807, 2.05) is 6.92 Å². The molecule has 0 unspecified atom stereocenters. The Labute approximate surface area is 155 Å². The van der Waals surface area contributed by atoms with Crippen LogP contribution in [0.25, 0.3) is 0 Å². The van der Waals surface area contributed by atoms with Gasteiger partial charge in [-0.2, -0.15) is 0 Å². The number of benzene rings is 1. The van der Waals surface area contributed by atoms with Crippen LogP contribution in [-0.4, -0.2) is 40.6 Å². The molecule has 8 nitrogen and oxygen atoms in total.